The predicted molar refractivity (Wildman–Crippen MR) is 247 cm³/mol. The van der Waals surface area contributed by atoms with Crippen LogP contribution in [-0.2, 0) is 60.9 Å². The topological polar surface area (TPSA) is 198 Å². The normalized spacial score (nSPS) is 16.4. The molecular formula is C47H81N7O11. The Bertz CT molecular complexity index is 1630. The zero-order valence-corrected chi connectivity index (χ0v) is 41.9. The number of hydrogen-bond acceptors (Lipinski definition) is 15. The summed E-state index contributed by atoms with van der Waals surface area (Å²) in [6.07, 6.45) is -0.294. The van der Waals surface area contributed by atoms with E-state index in [0.29, 0.717) is 58.8 Å². The molecule has 1 atom stereocenters. The van der Waals surface area contributed by atoms with Gasteiger partial charge in [0.05, 0.1) is 32.8 Å². The van der Waals surface area contributed by atoms with Crippen molar-refractivity contribution < 1.29 is 52.6 Å². The molecule has 1 aliphatic heterocycles. The minimum absolute atomic E-state index is 0.0275. The summed E-state index contributed by atoms with van der Waals surface area (Å²) in [6, 6.07) is 6.55. The van der Waals surface area contributed by atoms with Gasteiger partial charge in [-0.1, -0.05) is 38.1 Å². The summed E-state index contributed by atoms with van der Waals surface area (Å²) >= 11 is 0. The number of nitrogens with zero attached hydrogens (tertiary/aromatic N) is 4. The summed E-state index contributed by atoms with van der Waals surface area (Å²) in [6.45, 7) is 29.5. The van der Waals surface area contributed by atoms with E-state index < -0.39 is 40.4 Å². The molecule has 0 bridgehead atoms. The van der Waals surface area contributed by atoms with E-state index in [0.717, 1.165) is 11.1 Å². The van der Waals surface area contributed by atoms with Crippen LogP contribution in [-0.4, -0.2) is 162 Å². The maximum Gasteiger partial charge on any atom is 0.408 e. The minimum Gasteiger partial charge on any atom is -0.459 e. The molecule has 3 amide bonds. The zero-order chi connectivity index (χ0) is 49.2. The Morgan fingerprint density at radius 1 is 0.538 bits per heavy atom. The summed E-state index contributed by atoms with van der Waals surface area (Å²) in [5.74, 6) is -1.69. The summed E-state index contributed by atoms with van der Waals surface area (Å²) < 4.78 is 22.3. The van der Waals surface area contributed by atoms with Gasteiger partial charge in [0.15, 0.2) is 0 Å². The first kappa shape index (κ1) is 56.8. The molecule has 1 aromatic rings. The van der Waals surface area contributed by atoms with Crippen LogP contribution in [0.4, 0.5) is 4.79 Å². The van der Waals surface area contributed by atoms with Crippen molar-refractivity contribution in [1.82, 2.24) is 35.7 Å². The van der Waals surface area contributed by atoms with Gasteiger partial charge in [0.1, 0.15) is 28.4 Å². The standard InChI is InChI=1S/C47H81N7O11/c1-34(2)27-37(49-43(60)65-47(12,13)14)42(59)50-61-33-36-17-15-35(16-18-36)28-48-38(55)29-51-19-21-52(30-39(56)62-44(3,4)5)23-25-54(32-41(58)64-46(9,10)11)26-24-53(22-20-51)31-40(57)63-45(6,7)8/h15-18,34,37H,19-33H2,1-14H3,(H,48,55)(H,49,60)(H,50,59)/t37-/m1/s1. The number of carbonyl (C=O) groups excluding carboxylic acids is 6. The van der Waals surface area contributed by atoms with Crippen molar-refractivity contribution in [3.05, 3.63) is 35.4 Å². The number of benzene rings is 1. The molecule has 1 saturated heterocycles. The Kier molecular flexibility index (Phi) is 22.8. The van der Waals surface area contributed by atoms with Crippen molar-refractivity contribution >= 4 is 35.8 Å². The second-order valence-electron chi connectivity index (χ2n) is 21.0. The highest BCUT2D eigenvalue weighted by Gasteiger charge is 2.28. The van der Waals surface area contributed by atoms with Crippen LogP contribution in [0.2, 0.25) is 0 Å². The number of nitrogens with one attached hydrogen (secondary N) is 3. The fourth-order valence-corrected chi connectivity index (χ4v) is 6.51. The van der Waals surface area contributed by atoms with E-state index in [1.807, 2.05) is 120 Å². The average Bonchev–Trinajstić information content (AvgIpc) is 3.12. The molecule has 18 nitrogen and oxygen atoms in total. The van der Waals surface area contributed by atoms with Gasteiger partial charge in [0.25, 0.3) is 5.91 Å². The number of carbonyl (C=O) groups is 6. The first-order valence-corrected chi connectivity index (χ1v) is 22.7. The molecule has 3 N–H and O–H groups in total. The SMILES string of the molecule is CC(C)C[C@@H](NC(=O)OC(C)(C)C)C(=O)NOCc1ccc(CNC(=O)CN2CCN(CC(=O)OC(C)(C)C)CCN(CC(=O)OC(C)(C)C)CCN(CC(=O)OC(C)(C)C)CC2)cc1. The predicted octanol–water partition coefficient (Wildman–Crippen LogP) is 4.04. The van der Waals surface area contributed by atoms with Crippen molar-refractivity contribution in [3.63, 3.8) is 0 Å². The third-order valence-electron chi connectivity index (χ3n) is 9.25. The van der Waals surface area contributed by atoms with Crippen LogP contribution >= 0.6 is 0 Å². The van der Waals surface area contributed by atoms with Crippen molar-refractivity contribution in [2.24, 2.45) is 5.92 Å². The van der Waals surface area contributed by atoms with Gasteiger partial charge in [-0.05, 0) is 107 Å². The van der Waals surface area contributed by atoms with Crippen molar-refractivity contribution in [2.45, 2.75) is 145 Å². The van der Waals surface area contributed by atoms with E-state index >= 15 is 0 Å². The molecule has 2 rings (SSSR count). The number of rotatable bonds is 17. The van der Waals surface area contributed by atoms with Crippen LogP contribution in [0.1, 0.15) is 114 Å². The van der Waals surface area contributed by atoms with E-state index in [2.05, 4.69) is 16.1 Å². The van der Waals surface area contributed by atoms with Crippen LogP contribution in [0.3, 0.4) is 0 Å². The summed E-state index contributed by atoms with van der Waals surface area (Å²) in [5.41, 5.74) is 1.36. The third-order valence-corrected chi connectivity index (χ3v) is 9.25. The van der Waals surface area contributed by atoms with Crippen LogP contribution in [0.15, 0.2) is 24.3 Å². The molecule has 18 heteroatoms. The minimum atomic E-state index is -0.840. The number of ether oxygens (including phenoxy) is 4. The molecule has 0 saturated carbocycles. The van der Waals surface area contributed by atoms with Gasteiger partial charge in [-0.2, -0.15) is 0 Å². The molecule has 0 spiro atoms. The third kappa shape index (κ3) is 27.7. The summed E-state index contributed by atoms with van der Waals surface area (Å²) in [7, 11) is 0. The highest BCUT2D eigenvalue weighted by Crippen LogP contribution is 2.13. The molecule has 1 fully saturated rings. The van der Waals surface area contributed by atoms with Gasteiger partial charge in [-0.3, -0.25) is 48.4 Å². The highest BCUT2D eigenvalue weighted by molar-refractivity contribution is 5.85. The maximum absolute atomic E-state index is 13.5. The Hall–Kier alpha value is -4.36. The number of amides is 3. The second-order valence-corrected chi connectivity index (χ2v) is 21.0. The van der Waals surface area contributed by atoms with Crippen LogP contribution in [0.5, 0.6) is 0 Å². The molecule has 0 aromatic heterocycles. The number of hydrogen-bond donors (Lipinski definition) is 3. The lowest BCUT2D eigenvalue weighted by molar-refractivity contribution is -0.158. The van der Waals surface area contributed by atoms with E-state index in [4.69, 9.17) is 23.8 Å². The molecule has 0 aliphatic carbocycles. The lowest BCUT2D eigenvalue weighted by atomic mass is 10.0. The van der Waals surface area contributed by atoms with Gasteiger partial charge in [0.2, 0.25) is 5.91 Å². The van der Waals surface area contributed by atoms with Crippen LogP contribution < -0.4 is 16.1 Å². The number of alkyl carbamates (subject to hydrolysis) is 1. The lowest BCUT2D eigenvalue weighted by Gasteiger charge is -2.34. The van der Waals surface area contributed by atoms with E-state index in [1.165, 1.54) is 0 Å². The Labute approximate surface area is 388 Å². The van der Waals surface area contributed by atoms with Crippen LogP contribution in [0.25, 0.3) is 0 Å². The van der Waals surface area contributed by atoms with Gasteiger partial charge < -0.3 is 29.6 Å². The van der Waals surface area contributed by atoms with Crippen molar-refractivity contribution in [2.75, 3.05) is 78.5 Å². The fourth-order valence-electron chi connectivity index (χ4n) is 6.51. The first-order chi connectivity index (χ1) is 29.9. The van der Waals surface area contributed by atoms with Gasteiger partial charge in [-0.25, -0.2) is 10.3 Å². The van der Waals surface area contributed by atoms with E-state index in [1.54, 1.807) is 20.8 Å². The molecular weight excluding hydrogens is 839 g/mol. The highest BCUT2D eigenvalue weighted by atomic mass is 16.7. The second kappa shape index (κ2) is 26.1. The largest absolute Gasteiger partial charge is 0.459 e. The maximum atomic E-state index is 13.5. The quantitative estimate of drug-likeness (QED) is 0.115. The Morgan fingerprint density at radius 3 is 1.25 bits per heavy atom. The summed E-state index contributed by atoms with van der Waals surface area (Å²) in [4.78, 5) is 91.2. The van der Waals surface area contributed by atoms with Gasteiger partial charge in [-0.15, -0.1) is 0 Å². The monoisotopic (exact) mass is 920 g/mol. The molecule has 1 aliphatic rings. The molecule has 1 aromatic carbocycles. The van der Waals surface area contributed by atoms with Crippen molar-refractivity contribution in [3.8, 4) is 0 Å². The molecule has 65 heavy (non-hydrogen) atoms. The Morgan fingerprint density at radius 2 is 0.892 bits per heavy atom. The Balaban J connectivity index is 2.14. The zero-order valence-electron chi connectivity index (χ0n) is 41.9. The van der Waals surface area contributed by atoms with Crippen LogP contribution in [0, 0.1) is 5.92 Å². The molecule has 370 valence electrons. The summed E-state index contributed by atoms with van der Waals surface area (Å²) in [5, 5.41) is 5.63. The molecule has 0 unspecified atom stereocenters. The lowest BCUT2D eigenvalue weighted by Crippen LogP contribution is -2.50. The van der Waals surface area contributed by atoms with Crippen molar-refractivity contribution in [1.29, 1.82) is 0 Å². The number of esters is 3. The average molecular weight is 920 g/mol. The fraction of sp³-hybridized carbons (Fsp3) is 0.745. The van der Waals surface area contributed by atoms with E-state index in [-0.39, 0.29) is 69.1 Å². The molecule has 0 radical (unpaired) electrons. The van der Waals surface area contributed by atoms with E-state index in [9.17, 15) is 28.8 Å². The molecule has 1 heterocycles. The number of hydroxylamine groups is 1. The van der Waals surface area contributed by atoms with Gasteiger partial charge in [0, 0.05) is 58.9 Å². The van der Waals surface area contributed by atoms with Gasteiger partial charge >= 0.3 is 24.0 Å². The first-order valence-electron chi connectivity index (χ1n) is 22.7. The smallest absolute Gasteiger partial charge is 0.408 e.